The van der Waals surface area contributed by atoms with Crippen molar-refractivity contribution in [1.82, 2.24) is 5.32 Å². The number of ether oxygens (including phenoxy) is 2. The number of hydrogen-bond donors (Lipinski definition) is 2. The lowest BCUT2D eigenvalue weighted by Crippen LogP contribution is -2.51. The molecule has 1 rings (SSSR count). The molecule has 4 heteroatoms. The van der Waals surface area contributed by atoms with Crippen molar-refractivity contribution >= 4 is 0 Å². The molecule has 0 bridgehead atoms. The molecule has 0 saturated heterocycles. The van der Waals surface area contributed by atoms with Gasteiger partial charge in [0.2, 0.25) is 0 Å². The first kappa shape index (κ1) is 15.9. The number of nitrogens with one attached hydrogen (secondary N) is 1. The van der Waals surface area contributed by atoms with E-state index < -0.39 is 0 Å². The summed E-state index contributed by atoms with van der Waals surface area (Å²) in [5.41, 5.74) is -0.0575. The van der Waals surface area contributed by atoms with E-state index in [1.807, 2.05) is 6.92 Å². The summed E-state index contributed by atoms with van der Waals surface area (Å²) in [5, 5.41) is 13.2. The minimum atomic E-state index is -0.0575. The Hall–Kier alpha value is -0.160. The molecule has 0 aromatic carbocycles. The Morgan fingerprint density at radius 1 is 1.22 bits per heavy atom. The smallest absolute Gasteiger partial charge is 0.0700 e. The maximum absolute atomic E-state index is 9.67. The van der Waals surface area contributed by atoms with E-state index in [1.54, 1.807) is 0 Å². The van der Waals surface area contributed by atoms with Gasteiger partial charge in [0.1, 0.15) is 0 Å². The fraction of sp³-hybridized carbons (Fsp3) is 1.00. The van der Waals surface area contributed by atoms with E-state index in [0.29, 0.717) is 19.1 Å². The summed E-state index contributed by atoms with van der Waals surface area (Å²) in [4.78, 5) is 0. The fourth-order valence-electron chi connectivity index (χ4n) is 3.00. The van der Waals surface area contributed by atoms with Crippen LogP contribution < -0.4 is 5.32 Å². The van der Waals surface area contributed by atoms with Crippen LogP contribution in [0.3, 0.4) is 0 Å². The highest BCUT2D eigenvalue weighted by molar-refractivity contribution is 4.98. The third kappa shape index (κ3) is 4.50. The first-order valence-corrected chi connectivity index (χ1v) is 7.30. The highest BCUT2D eigenvalue weighted by atomic mass is 16.5. The molecule has 1 aliphatic carbocycles. The molecule has 2 atom stereocenters. The largest absolute Gasteiger partial charge is 0.394 e. The Morgan fingerprint density at radius 3 is 2.67 bits per heavy atom. The van der Waals surface area contributed by atoms with Crippen LogP contribution in [0.25, 0.3) is 0 Å². The van der Waals surface area contributed by atoms with Crippen LogP contribution in [0.2, 0.25) is 0 Å². The van der Waals surface area contributed by atoms with Gasteiger partial charge in [-0.15, -0.1) is 0 Å². The summed E-state index contributed by atoms with van der Waals surface area (Å²) < 4.78 is 10.8. The van der Waals surface area contributed by atoms with Gasteiger partial charge in [-0.1, -0.05) is 13.3 Å². The summed E-state index contributed by atoms with van der Waals surface area (Å²) >= 11 is 0. The normalized spacial score (nSPS) is 27.8. The van der Waals surface area contributed by atoms with Crippen molar-refractivity contribution in [1.29, 1.82) is 0 Å². The predicted octanol–water partition coefficient (Wildman–Crippen LogP) is 1.57. The first-order valence-electron chi connectivity index (χ1n) is 7.30. The van der Waals surface area contributed by atoms with Gasteiger partial charge in [-0.2, -0.15) is 0 Å². The number of likely N-dealkylation sites (N-methyl/N-ethyl adjacent to an activating group) is 1. The van der Waals surface area contributed by atoms with E-state index in [4.69, 9.17) is 9.47 Å². The van der Waals surface area contributed by atoms with Crippen LogP contribution >= 0.6 is 0 Å². The zero-order valence-electron chi connectivity index (χ0n) is 11.9. The summed E-state index contributed by atoms with van der Waals surface area (Å²) in [7, 11) is 0. The number of aliphatic hydroxyl groups is 1. The van der Waals surface area contributed by atoms with E-state index in [9.17, 15) is 5.11 Å². The standard InChI is InChI=1S/C14H29NO3/c1-3-15-14(12-16)8-5-6-13(14)7-9-18-11-10-17-4-2/h13,15-16H,3-12H2,1-2H3. The van der Waals surface area contributed by atoms with Gasteiger partial charge in [-0.05, 0) is 38.6 Å². The van der Waals surface area contributed by atoms with Crippen molar-refractivity contribution in [2.24, 2.45) is 5.92 Å². The predicted molar refractivity (Wildman–Crippen MR) is 72.8 cm³/mol. The second kappa shape index (κ2) is 8.86. The van der Waals surface area contributed by atoms with E-state index in [1.165, 1.54) is 12.8 Å². The van der Waals surface area contributed by atoms with Crippen molar-refractivity contribution in [2.75, 3.05) is 39.6 Å². The number of hydrogen-bond acceptors (Lipinski definition) is 4. The Morgan fingerprint density at radius 2 is 2.00 bits per heavy atom. The highest BCUT2D eigenvalue weighted by Gasteiger charge is 2.41. The average molecular weight is 259 g/mol. The van der Waals surface area contributed by atoms with Crippen LogP contribution in [0.4, 0.5) is 0 Å². The number of aliphatic hydroxyl groups excluding tert-OH is 1. The molecule has 18 heavy (non-hydrogen) atoms. The molecule has 0 aromatic heterocycles. The van der Waals surface area contributed by atoms with Gasteiger partial charge >= 0.3 is 0 Å². The van der Waals surface area contributed by atoms with Crippen LogP contribution in [0.5, 0.6) is 0 Å². The molecule has 0 spiro atoms. The van der Waals surface area contributed by atoms with Crippen molar-refractivity contribution in [3.05, 3.63) is 0 Å². The van der Waals surface area contributed by atoms with Crippen LogP contribution in [-0.2, 0) is 9.47 Å². The highest BCUT2D eigenvalue weighted by Crippen LogP contribution is 2.37. The van der Waals surface area contributed by atoms with Gasteiger partial charge in [-0.25, -0.2) is 0 Å². The van der Waals surface area contributed by atoms with E-state index >= 15 is 0 Å². The molecule has 1 saturated carbocycles. The molecule has 0 amide bonds. The third-order valence-electron chi connectivity index (χ3n) is 3.95. The van der Waals surface area contributed by atoms with Gasteiger partial charge in [-0.3, -0.25) is 0 Å². The lowest BCUT2D eigenvalue weighted by Gasteiger charge is -2.34. The van der Waals surface area contributed by atoms with E-state index in [-0.39, 0.29) is 12.1 Å². The first-order chi connectivity index (χ1) is 8.79. The molecule has 0 radical (unpaired) electrons. The van der Waals surface area contributed by atoms with Crippen LogP contribution in [0.15, 0.2) is 0 Å². The molecule has 108 valence electrons. The topological polar surface area (TPSA) is 50.7 Å². The quantitative estimate of drug-likeness (QED) is 0.585. The molecular formula is C14H29NO3. The van der Waals surface area contributed by atoms with Gasteiger partial charge in [0.05, 0.1) is 19.8 Å². The second-order valence-electron chi connectivity index (χ2n) is 5.03. The monoisotopic (exact) mass is 259 g/mol. The minimum Gasteiger partial charge on any atom is -0.394 e. The lowest BCUT2D eigenvalue weighted by molar-refractivity contribution is 0.0379. The summed E-state index contributed by atoms with van der Waals surface area (Å²) in [6, 6.07) is 0. The van der Waals surface area contributed by atoms with E-state index in [0.717, 1.165) is 32.6 Å². The van der Waals surface area contributed by atoms with Crippen molar-refractivity contribution in [3.63, 3.8) is 0 Å². The molecule has 4 nitrogen and oxygen atoms in total. The van der Waals surface area contributed by atoms with Crippen LogP contribution in [0, 0.1) is 5.92 Å². The van der Waals surface area contributed by atoms with Gasteiger partial charge < -0.3 is 19.9 Å². The zero-order chi connectivity index (χ0) is 13.3. The molecule has 0 heterocycles. The van der Waals surface area contributed by atoms with Gasteiger partial charge in [0.25, 0.3) is 0 Å². The lowest BCUT2D eigenvalue weighted by atomic mass is 9.85. The molecule has 2 unspecified atom stereocenters. The Labute approximate surface area is 111 Å². The van der Waals surface area contributed by atoms with Crippen molar-refractivity contribution < 1.29 is 14.6 Å². The second-order valence-corrected chi connectivity index (χ2v) is 5.03. The average Bonchev–Trinajstić information content (AvgIpc) is 2.78. The summed E-state index contributed by atoms with van der Waals surface area (Å²) in [6.45, 7) is 8.13. The molecular weight excluding hydrogens is 230 g/mol. The van der Waals surface area contributed by atoms with Crippen LogP contribution in [0.1, 0.15) is 39.5 Å². The van der Waals surface area contributed by atoms with E-state index in [2.05, 4.69) is 12.2 Å². The summed E-state index contributed by atoms with van der Waals surface area (Å²) in [5.74, 6) is 0.537. The van der Waals surface area contributed by atoms with Crippen molar-refractivity contribution in [2.45, 2.75) is 45.1 Å². The molecule has 0 aromatic rings. The summed E-state index contributed by atoms with van der Waals surface area (Å²) in [6.07, 6.45) is 4.51. The maximum atomic E-state index is 9.67. The molecule has 1 fully saturated rings. The van der Waals surface area contributed by atoms with Crippen LogP contribution in [-0.4, -0.2) is 50.2 Å². The maximum Gasteiger partial charge on any atom is 0.0700 e. The minimum absolute atomic E-state index is 0.0575. The van der Waals surface area contributed by atoms with Crippen molar-refractivity contribution in [3.8, 4) is 0 Å². The Bertz CT molecular complexity index is 213. The SMILES string of the molecule is CCNC1(CO)CCCC1CCOCCOCC. The Balaban J connectivity index is 2.23. The zero-order valence-corrected chi connectivity index (χ0v) is 11.9. The Kier molecular flexibility index (Phi) is 7.82. The molecule has 1 aliphatic rings. The molecule has 2 N–H and O–H groups in total. The third-order valence-corrected chi connectivity index (χ3v) is 3.95. The van der Waals surface area contributed by atoms with Gasteiger partial charge in [0.15, 0.2) is 0 Å². The van der Waals surface area contributed by atoms with Gasteiger partial charge in [0, 0.05) is 18.8 Å². The number of rotatable bonds is 10. The molecule has 0 aliphatic heterocycles. The fourth-order valence-corrected chi connectivity index (χ4v) is 3.00.